The van der Waals surface area contributed by atoms with E-state index in [0.29, 0.717) is 24.8 Å². The van der Waals surface area contributed by atoms with Gasteiger partial charge >= 0.3 is 18.2 Å². The third-order valence-corrected chi connectivity index (χ3v) is 11.3. The first-order chi connectivity index (χ1) is 28.6. The second kappa shape index (κ2) is 20.8. The number of benzene rings is 4. The molecule has 4 aromatic rings. The van der Waals surface area contributed by atoms with Gasteiger partial charge in [0.05, 0.1) is 5.41 Å². The van der Waals surface area contributed by atoms with Crippen molar-refractivity contribution in [2.45, 2.75) is 105 Å². The van der Waals surface area contributed by atoms with E-state index >= 15 is 0 Å². The molecule has 1 aliphatic carbocycles. The molecule has 322 valence electrons. The Morgan fingerprint density at radius 2 is 1.32 bits per heavy atom. The zero-order valence-corrected chi connectivity index (χ0v) is 37.0. The van der Waals surface area contributed by atoms with Crippen molar-refractivity contribution in [3.8, 4) is 16.9 Å². The highest BCUT2D eigenvalue weighted by atomic mass is 16.6. The van der Waals surface area contributed by atoms with Gasteiger partial charge in [0.15, 0.2) is 0 Å². The molecule has 9 nitrogen and oxygen atoms in total. The summed E-state index contributed by atoms with van der Waals surface area (Å²) in [4.78, 5) is 36.4. The third kappa shape index (κ3) is 12.1. The van der Waals surface area contributed by atoms with Crippen molar-refractivity contribution in [3.63, 3.8) is 0 Å². The minimum absolute atomic E-state index is 0.00598. The van der Waals surface area contributed by atoms with Crippen LogP contribution in [0.15, 0.2) is 97.1 Å². The number of rotatable bonds is 21. The second-order valence-electron chi connectivity index (χ2n) is 18.0. The number of amides is 2. The molecule has 60 heavy (non-hydrogen) atoms. The minimum Gasteiger partial charge on any atom is -0.490 e. The Bertz CT molecular complexity index is 1970. The fraction of sp³-hybridized carbons (Fsp3) is 0.471. The summed E-state index contributed by atoms with van der Waals surface area (Å²) in [6.07, 6.45) is 4.27. The largest absolute Gasteiger partial charge is 0.490 e. The van der Waals surface area contributed by atoms with Gasteiger partial charge in [-0.3, -0.25) is 4.79 Å². The van der Waals surface area contributed by atoms with Gasteiger partial charge in [-0.2, -0.15) is 0 Å². The molecule has 0 bridgehead atoms. The second-order valence-corrected chi connectivity index (χ2v) is 18.0. The molecule has 2 N–H and O–H groups in total. The van der Waals surface area contributed by atoms with Crippen molar-refractivity contribution in [3.05, 3.63) is 125 Å². The van der Waals surface area contributed by atoms with E-state index in [0.717, 1.165) is 19.3 Å². The Hall–Kier alpha value is -5.31. The highest BCUT2D eigenvalue weighted by molar-refractivity contribution is 5.86. The monoisotopic (exact) mass is 818 g/mol. The first kappa shape index (κ1) is 45.8. The zero-order chi connectivity index (χ0) is 43.3. The maximum atomic E-state index is 12.5. The number of esters is 1. The van der Waals surface area contributed by atoms with Crippen LogP contribution in [0.1, 0.15) is 115 Å². The van der Waals surface area contributed by atoms with E-state index in [-0.39, 0.29) is 43.5 Å². The van der Waals surface area contributed by atoms with Crippen LogP contribution in [0.25, 0.3) is 11.1 Å². The van der Waals surface area contributed by atoms with Crippen LogP contribution in [0.3, 0.4) is 0 Å². The lowest BCUT2D eigenvalue weighted by Crippen LogP contribution is -2.40. The lowest BCUT2D eigenvalue weighted by molar-refractivity contribution is -0.149. The standard InChI is InChI=1S/C51H66N2O7/c1-9-46(54)59-35-50(7,8)60-48(56)53-34-37(4)33-49(5,6)29-30-52-47(55)58-32-31-57-41-27-25-40(26-28-41)51(39-23-21-38(22-24-39)16-14-15-36(2)3)44-19-12-10-17-42(44)43-18-11-13-20-45(43)51/h10-13,17-28,36-37H,9,14-16,29-35H2,1-8H3,(H,52,55)(H,53,56). The molecular formula is C51H66N2O7. The number of aryl methyl sites for hydroxylation is 1. The molecule has 4 aromatic carbocycles. The molecular weight excluding hydrogens is 753 g/mol. The summed E-state index contributed by atoms with van der Waals surface area (Å²) < 4.78 is 22.1. The molecule has 1 unspecified atom stereocenters. The Labute approximate surface area is 357 Å². The van der Waals surface area contributed by atoms with Crippen molar-refractivity contribution in [2.24, 2.45) is 17.3 Å². The summed E-state index contributed by atoms with van der Waals surface area (Å²) in [5.41, 5.74) is 7.31. The van der Waals surface area contributed by atoms with Gasteiger partial charge in [0, 0.05) is 19.5 Å². The molecule has 0 heterocycles. The summed E-state index contributed by atoms with van der Waals surface area (Å²) >= 11 is 0. The van der Waals surface area contributed by atoms with Gasteiger partial charge < -0.3 is 29.6 Å². The van der Waals surface area contributed by atoms with Crippen LogP contribution in [0.2, 0.25) is 0 Å². The maximum Gasteiger partial charge on any atom is 0.407 e. The number of nitrogens with one attached hydrogen (secondary N) is 2. The molecule has 2 amide bonds. The number of carbonyl (C=O) groups is 3. The molecule has 0 aliphatic heterocycles. The first-order valence-electron chi connectivity index (χ1n) is 21.7. The molecule has 0 spiro atoms. The van der Waals surface area contributed by atoms with Crippen LogP contribution in [-0.4, -0.2) is 56.7 Å². The van der Waals surface area contributed by atoms with E-state index in [1.165, 1.54) is 51.8 Å². The maximum absolute atomic E-state index is 12.5. The number of fused-ring (bicyclic) bond motifs is 3. The number of hydrogen-bond acceptors (Lipinski definition) is 7. The van der Waals surface area contributed by atoms with Crippen LogP contribution in [0, 0.1) is 17.3 Å². The Morgan fingerprint density at radius 1 is 0.717 bits per heavy atom. The molecule has 0 saturated carbocycles. The predicted octanol–water partition coefficient (Wildman–Crippen LogP) is 11.0. The third-order valence-electron chi connectivity index (χ3n) is 11.3. The fourth-order valence-electron chi connectivity index (χ4n) is 8.36. The van der Waals surface area contributed by atoms with Crippen LogP contribution in [0.4, 0.5) is 9.59 Å². The molecule has 1 atom stereocenters. The van der Waals surface area contributed by atoms with Crippen molar-refractivity contribution in [1.82, 2.24) is 10.6 Å². The average molecular weight is 819 g/mol. The lowest BCUT2D eigenvalue weighted by atomic mass is 9.67. The molecule has 1 aliphatic rings. The van der Waals surface area contributed by atoms with Gasteiger partial charge in [-0.1, -0.05) is 133 Å². The highest BCUT2D eigenvalue weighted by Gasteiger charge is 2.45. The highest BCUT2D eigenvalue weighted by Crippen LogP contribution is 2.56. The number of hydrogen-bond donors (Lipinski definition) is 2. The zero-order valence-electron chi connectivity index (χ0n) is 37.0. The molecule has 0 aromatic heterocycles. The molecule has 9 heteroatoms. The minimum atomic E-state index is -0.934. The van der Waals surface area contributed by atoms with Gasteiger partial charge in [0.25, 0.3) is 0 Å². The number of alkyl carbamates (subject to hydrolysis) is 2. The van der Waals surface area contributed by atoms with Crippen molar-refractivity contribution >= 4 is 18.2 Å². The van der Waals surface area contributed by atoms with Crippen LogP contribution < -0.4 is 15.4 Å². The SMILES string of the molecule is CCC(=O)OCC(C)(C)OC(=O)NCC(C)CC(C)(C)CCNC(=O)OCCOc1ccc(C2(c3ccc(CCCC(C)C)cc3)c3ccccc3-c3ccccc32)cc1. The van der Waals surface area contributed by atoms with E-state index < -0.39 is 23.2 Å². The van der Waals surface area contributed by atoms with Crippen molar-refractivity contribution < 1.29 is 33.3 Å². The van der Waals surface area contributed by atoms with Gasteiger partial charge in [-0.15, -0.1) is 0 Å². The fourth-order valence-corrected chi connectivity index (χ4v) is 8.36. The van der Waals surface area contributed by atoms with E-state index in [1.807, 2.05) is 12.1 Å². The lowest BCUT2D eigenvalue weighted by Gasteiger charge is -2.34. The predicted molar refractivity (Wildman–Crippen MR) is 238 cm³/mol. The molecule has 0 fully saturated rings. The van der Waals surface area contributed by atoms with E-state index in [1.54, 1.807) is 20.8 Å². The van der Waals surface area contributed by atoms with E-state index in [2.05, 4.69) is 130 Å². The molecule has 0 saturated heterocycles. The van der Waals surface area contributed by atoms with Gasteiger partial charge in [0.1, 0.15) is 31.2 Å². The van der Waals surface area contributed by atoms with Gasteiger partial charge in [0.2, 0.25) is 0 Å². The summed E-state index contributed by atoms with van der Waals surface area (Å²) in [6.45, 7) is 17.2. The topological polar surface area (TPSA) is 112 Å². The van der Waals surface area contributed by atoms with Crippen LogP contribution in [0.5, 0.6) is 5.75 Å². The summed E-state index contributed by atoms with van der Waals surface area (Å²) in [6, 6.07) is 35.1. The summed E-state index contributed by atoms with van der Waals surface area (Å²) in [5.74, 6) is 1.24. The quantitative estimate of drug-likeness (QED) is 0.0431. The smallest absolute Gasteiger partial charge is 0.407 e. The molecule has 5 rings (SSSR count). The van der Waals surface area contributed by atoms with E-state index in [9.17, 15) is 14.4 Å². The number of carbonyl (C=O) groups excluding carboxylic acids is 3. The Balaban J connectivity index is 1.10. The van der Waals surface area contributed by atoms with Crippen LogP contribution in [-0.2, 0) is 30.8 Å². The average Bonchev–Trinajstić information content (AvgIpc) is 3.52. The Kier molecular flexibility index (Phi) is 15.9. The summed E-state index contributed by atoms with van der Waals surface area (Å²) in [7, 11) is 0. The van der Waals surface area contributed by atoms with E-state index in [4.69, 9.17) is 18.9 Å². The molecule has 0 radical (unpaired) electrons. The van der Waals surface area contributed by atoms with Gasteiger partial charge in [-0.25, -0.2) is 9.59 Å². The van der Waals surface area contributed by atoms with Gasteiger partial charge in [-0.05, 0) is 108 Å². The normalized spacial score (nSPS) is 13.5. The first-order valence-corrected chi connectivity index (χ1v) is 21.7. The summed E-state index contributed by atoms with van der Waals surface area (Å²) in [5, 5.41) is 5.68. The number of ether oxygens (including phenoxy) is 4. The van der Waals surface area contributed by atoms with Crippen molar-refractivity contribution in [1.29, 1.82) is 0 Å². The van der Waals surface area contributed by atoms with Crippen LogP contribution >= 0.6 is 0 Å². The van der Waals surface area contributed by atoms with Crippen molar-refractivity contribution in [2.75, 3.05) is 32.9 Å². The Morgan fingerprint density at radius 3 is 1.92 bits per heavy atom.